The Bertz CT molecular complexity index is 1200. The van der Waals surface area contributed by atoms with E-state index in [4.69, 9.17) is 4.52 Å². The zero-order valence-electron chi connectivity index (χ0n) is 15.0. The van der Waals surface area contributed by atoms with Gasteiger partial charge in [-0.05, 0) is 6.92 Å². The number of thiazole rings is 1. The summed E-state index contributed by atoms with van der Waals surface area (Å²) in [6, 6.07) is 9.19. The molecule has 0 unspecified atom stereocenters. The second-order valence-electron chi connectivity index (χ2n) is 5.92. The van der Waals surface area contributed by atoms with E-state index in [1.54, 1.807) is 5.38 Å². The van der Waals surface area contributed by atoms with Gasteiger partial charge in [-0.25, -0.2) is 9.29 Å². The van der Waals surface area contributed by atoms with Crippen molar-refractivity contribution in [2.45, 2.75) is 6.92 Å². The lowest BCUT2D eigenvalue weighted by Crippen LogP contribution is -2.36. The Kier molecular flexibility index (Phi) is 4.94. The Balaban J connectivity index is 1.60. The lowest BCUT2D eigenvalue weighted by atomic mass is 10.2. The molecule has 0 bridgehead atoms. The Morgan fingerprint density at radius 2 is 2.07 bits per heavy atom. The van der Waals surface area contributed by atoms with Crippen LogP contribution in [0.15, 0.2) is 57.0 Å². The van der Waals surface area contributed by atoms with E-state index in [0.717, 1.165) is 9.87 Å². The lowest BCUT2D eigenvalue weighted by molar-refractivity contribution is -0.116. The highest BCUT2D eigenvalue weighted by atomic mass is 32.2. The molecule has 148 valence electrons. The van der Waals surface area contributed by atoms with Crippen LogP contribution < -0.4 is 5.32 Å². The van der Waals surface area contributed by atoms with Crippen LogP contribution in [0.4, 0.5) is 5.13 Å². The monoisotopic (exact) mass is 430 g/mol. The molecule has 1 aromatic carbocycles. The summed E-state index contributed by atoms with van der Waals surface area (Å²) in [7, 11) is -4.06. The molecule has 3 heterocycles. The van der Waals surface area contributed by atoms with Crippen molar-refractivity contribution in [3.05, 3.63) is 54.0 Å². The molecule has 0 atom stereocenters. The van der Waals surface area contributed by atoms with Crippen molar-refractivity contribution >= 4 is 43.9 Å². The minimum atomic E-state index is -4.06. The van der Waals surface area contributed by atoms with E-state index in [0.29, 0.717) is 16.5 Å². The van der Waals surface area contributed by atoms with Gasteiger partial charge in [-0.3, -0.25) is 4.79 Å². The van der Waals surface area contributed by atoms with E-state index >= 15 is 0 Å². The Hall–Kier alpha value is -3.38. The van der Waals surface area contributed by atoms with Crippen LogP contribution in [0.5, 0.6) is 0 Å². The summed E-state index contributed by atoms with van der Waals surface area (Å²) in [6.45, 7) is 1.05. The van der Waals surface area contributed by atoms with Gasteiger partial charge in [-0.1, -0.05) is 35.5 Å². The van der Waals surface area contributed by atoms with Crippen LogP contribution >= 0.6 is 11.3 Å². The first-order valence-corrected chi connectivity index (χ1v) is 10.6. The molecule has 0 fully saturated rings. The van der Waals surface area contributed by atoms with Crippen LogP contribution in [-0.4, -0.2) is 46.0 Å². The summed E-state index contributed by atoms with van der Waals surface area (Å²) in [5, 5.41) is 8.53. The predicted octanol–water partition coefficient (Wildman–Crippen LogP) is 2.19. The fourth-order valence-electron chi connectivity index (χ4n) is 2.54. The average Bonchev–Trinajstić information content (AvgIpc) is 3.36. The predicted molar refractivity (Wildman–Crippen MR) is 107 cm³/mol. The number of carbonyl (C=O) groups excluding carboxylic acids is 1. The van der Waals surface area contributed by atoms with Crippen LogP contribution in [0.1, 0.15) is 12.8 Å². The number of rotatable bonds is 5. The van der Waals surface area contributed by atoms with E-state index in [2.05, 4.69) is 24.8 Å². The fourth-order valence-corrected chi connectivity index (χ4v) is 4.15. The number of nitrogens with one attached hydrogen (secondary N) is 1. The molecule has 0 saturated carbocycles. The normalized spacial score (nSPS) is 15.6. The molecule has 1 aliphatic heterocycles. The van der Waals surface area contributed by atoms with Crippen LogP contribution in [0.2, 0.25) is 0 Å². The highest BCUT2D eigenvalue weighted by molar-refractivity contribution is 7.88. The maximum Gasteiger partial charge on any atom is 0.344 e. The quantitative estimate of drug-likeness (QED) is 0.656. The number of carbonyl (C=O) groups is 1. The van der Waals surface area contributed by atoms with Gasteiger partial charge in [0, 0.05) is 23.3 Å². The standard InChI is InChI=1S/C17H14N6O4S2/c1-11-13(16-20-15(21-27-16)12-5-3-2-4-6-12)9-23(29(25,26)22-11)10-14(24)19-17-18-7-8-28-17/h2-9H,10H2,1H3,(H,18,19,24). The van der Waals surface area contributed by atoms with Crippen molar-refractivity contribution in [2.75, 3.05) is 11.9 Å². The lowest BCUT2D eigenvalue weighted by Gasteiger charge is -2.22. The summed E-state index contributed by atoms with van der Waals surface area (Å²) in [5.74, 6) is -0.0921. The summed E-state index contributed by atoms with van der Waals surface area (Å²) in [6.07, 6.45) is 2.80. The van der Waals surface area contributed by atoms with Crippen molar-refractivity contribution in [3.8, 4) is 11.4 Å². The van der Waals surface area contributed by atoms with Gasteiger partial charge in [0.2, 0.25) is 11.7 Å². The molecule has 4 rings (SSSR count). The highest BCUT2D eigenvalue weighted by Crippen LogP contribution is 2.25. The number of nitrogens with zero attached hydrogens (tertiary/aromatic N) is 5. The second-order valence-corrected chi connectivity index (χ2v) is 8.36. The number of allylic oxidation sites excluding steroid dienone is 1. The third-order valence-electron chi connectivity index (χ3n) is 3.88. The maximum atomic E-state index is 12.4. The van der Waals surface area contributed by atoms with Crippen LogP contribution in [0.3, 0.4) is 0 Å². The van der Waals surface area contributed by atoms with Gasteiger partial charge in [-0.15, -0.1) is 15.7 Å². The van der Waals surface area contributed by atoms with Crippen molar-refractivity contribution in [3.63, 3.8) is 0 Å². The molecule has 2 aromatic heterocycles. The topological polar surface area (TPSA) is 131 Å². The summed E-state index contributed by atoms with van der Waals surface area (Å²) >= 11 is 1.22. The molecular formula is C17H14N6O4S2. The SMILES string of the molecule is CC1=NS(=O)(=O)N(CC(=O)Nc2nccs2)C=C1c1nc(-c2ccccc2)no1. The number of amides is 1. The highest BCUT2D eigenvalue weighted by Gasteiger charge is 2.30. The molecule has 10 nitrogen and oxygen atoms in total. The van der Waals surface area contributed by atoms with Crippen molar-refractivity contribution in [1.82, 2.24) is 19.4 Å². The molecule has 0 spiro atoms. The number of hydrogen-bond acceptors (Lipinski definition) is 8. The van der Waals surface area contributed by atoms with E-state index < -0.39 is 22.7 Å². The van der Waals surface area contributed by atoms with Gasteiger partial charge in [-0.2, -0.15) is 13.4 Å². The van der Waals surface area contributed by atoms with Crippen LogP contribution in [0.25, 0.3) is 17.0 Å². The molecular weight excluding hydrogens is 416 g/mol. The summed E-state index contributed by atoms with van der Waals surface area (Å²) in [4.78, 5) is 20.5. The third-order valence-corrected chi connectivity index (χ3v) is 5.90. The minimum absolute atomic E-state index is 0.102. The smallest absolute Gasteiger partial charge is 0.333 e. The van der Waals surface area contributed by atoms with Gasteiger partial charge in [0.05, 0.1) is 11.3 Å². The molecule has 1 amide bonds. The molecule has 0 aliphatic carbocycles. The van der Waals surface area contributed by atoms with E-state index in [-0.39, 0.29) is 11.6 Å². The molecule has 0 radical (unpaired) electrons. The molecule has 3 aromatic rings. The summed E-state index contributed by atoms with van der Waals surface area (Å²) in [5.41, 5.74) is 1.25. The number of benzene rings is 1. The van der Waals surface area contributed by atoms with Gasteiger partial charge in [0.25, 0.3) is 5.89 Å². The first-order chi connectivity index (χ1) is 13.9. The average molecular weight is 430 g/mol. The number of aromatic nitrogens is 3. The van der Waals surface area contributed by atoms with E-state index in [1.807, 2.05) is 30.3 Å². The second kappa shape index (κ2) is 7.56. The summed E-state index contributed by atoms with van der Waals surface area (Å²) < 4.78 is 34.6. The number of hydrogen-bond donors (Lipinski definition) is 1. The van der Waals surface area contributed by atoms with Crippen molar-refractivity contribution in [1.29, 1.82) is 0 Å². The van der Waals surface area contributed by atoms with E-state index in [9.17, 15) is 13.2 Å². The fraction of sp³-hybridized carbons (Fsp3) is 0.118. The van der Waals surface area contributed by atoms with Gasteiger partial charge >= 0.3 is 10.2 Å². The Labute approximate surface area is 169 Å². The van der Waals surface area contributed by atoms with Gasteiger partial charge in [0.1, 0.15) is 6.54 Å². The van der Waals surface area contributed by atoms with Crippen LogP contribution in [-0.2, 0) is 15.0 Å². The Morgan fingerprint density at radius 1 is 1.28 bits per heavy atom. The molecule has 0 saturated heterocycles. The van der Waals surface area contributed by atoms with E-state index in [1.165, 1.54) is 30.7 Å². The van der Waals surface area contributed by atoms with Gasteiger partial charge in [0.15, 0.2) is 5.13 Å². The first kappa shape index (κ1) is 19.0. The molecule has 1 N–H and O–H groups in total. The van der Waals surface area contributed by atoms with Crippen molar-refractivity contribution in [2.24, 2.45) is 4.40 Å². The third kappa shape index (κ3) is 4.07. The zero-order valence-corrected chi connectivity index (χ0v) is 16.6. The van der Waals surface area contributed by atoms with Crippen LogP contribution in [0, 0.1) is 0 Å². The minimum Gasteiger partial charge on any atom is -0.333 e. The van der Waals surface area contributed by atoms with Crippen molar-refractivity contribution < 1.29 is 17.7 Å². The zero-order chi connectivity index (χ0) is 20.4. The molecule has 12 heteroatoms. The Morgan fingerprint density at radius 3 is 2.79 bits per heavy atom. The maximum absolute atomic E-state index is 12.4. The number of anilines is 1. The largest absolute Gasteiger partial charge is 0.344 e. The molecule has 29 heavy (non-hydrogen) atoms. The molecule has 1 aliphatic rings. The van der Waals surface area contributed by atoms with Gasteiger partial charge < -0.3 is 9.84 Å². The first-order valence-electron chi connectivity index (χ1n) is 8.32.